The normalized spacial score (nSPS) is 13.7. The van der Waals surface area contributed by atoms with Crippen LogP contribution in [0.3, 0.4) is 0 Å². The number of hydrogen-bond donors (Lipinski definition) is 1. The number of anilines is 1. The van der Waals surface area contributed by atoms with Gasteiger partial charge in [-0.2, -0.15) is 10.4 Å². The van der Waals surface area contributed by atoms with Crippen molar-refractivity contribution in [3.63, 3.8) is 0 Å². The van der Waals surface area contributed by atoms with E-state index < -0.39 is 0 Å². The average molecular weight is 389 g/mol. The smallest absolute Gasteiger partial charge is 0.262 e. The van der Waals surface area contributed by atoms with Gasteiger partial charge in [0.15, 0.2) is 6.61 Å². The molecule has 4 rings (SSSR count). The Hall–Kier alpha value is -3.70. The van der Waals surface area contributed by atoms with E-state index in [2.05, 4.69) is 21.5 Å². The van der Waals surface area contributed by atoms with E-state index in [9.17, 15) is 4.79 Å². The Morgan fingerprint density at radius 3 is 2.86 bits per heavy atom. The predicted molar refractivity (Wildman–Crippen MR) is 108 cm³/mol. The van der Waals surface area contributed by atoms with E-state index in [1.165, 1.54) is 11.3 Å². The van der Waals surface area contributed by atoms with E-state index in [-0.39, 0.29) is 12.5 Å². The van der Waals surface area contributed by atoms with Crippen LogP contribution >= 0.6 is 11.3 Å². The van der Waals surface area contributed by atoms with Crippen LogP contribution in [0, 0.1) is 11.3 Å². The van der Waals surface area contributed by atoms with Crippen LogP contribution in [0.5, 0.6) is 5.75 Å². The summed E-state index contributed by atoms with van der Waals surface area (Å²) in [6.45, 7) is 0.0263. The molecular formula is C20H15N5O2S. The van der Waals surface area contributed by atoms with Crippen LogP contribution < -0.4 is 14.9 Å². The van der Waals surface area contributed by atoms with E-state index >= 15 is 0 Å². The van der Waals surface area contributed by atoms with Gasteiger partial charge >= 0.3 is 0 Å². The lowest BCUT2D eigenvalue weighted by atomic mass is 10.1. The fourth-order valence-electron chi connectivity index (χ4n) is 2.77. The number of thiazole rings is 1. The molecule has 0 radical (unpaired) electrons. The third kappa shape index (κ3) is 3.43. The Labute approximate surface area is 164 Å². The van der Waals surface area contributed by atoms with E-state index in [4.69, 9.17) is 10.00 Å². The van der Waals surface area contributed by atoms with Crippen LogP contribution in [-0.2, 0) is 4.79 Å². The first-order valence-electron chi connectivity index (χ1n) is 8.43. The fourth-order valence-corrected chi connectivity index (χ4v) is 3.58. The van der Waals surface area contributed by atoms with Crippen molar-refractivity contribution in [3.8, 4) is 23.1 Å². The number of nitrogens with zero attached hydrogens (tertiary/aromatic N) is 4. The molecule has 0 aliphatic carbocycles. The zero-order valence-electron chi connectivity index (χ0n) is 14.9. The van der Waals surface area contributed by atoms with Crippen molar-refractivity contribution in [1.29, 1.82) is 5.26 Å². The molecular weight excluding hydrogens is 374 g/mol. The van der Waals surface area contributed by atoms with Gasteiger partial charge < -0.3 is 10.1 Å². The van der Waals surface area contributed by atoms with Gasteiger partial charge in [0.1, 0.15) is 5.75 Å². The van der Waals surface area contributed by atoms with Gasteiger partial charge in [0, 0.05) is 18.0 Å². The monoisotopic (exact) mass is 389 g/mol. The molecule has 2 aromatic carbocycles. The van der Waals surface area contributed by atoms with Crippen LogP contribution in [0.2, 0.25) is 0 Å². The first-order valence-corrected chi connectivity index (χ1v) is 9.31. The Morgan fingerprint density at radius 1 is 1.29 bits per heavy atom. The summed E-state index contributed by atoms with van der Waals surface area (Å²) in [5.41, 5.74) is 3.84. The van der Waals surface area contributed by atoms with Gasteiger partial charge in [-0.1, -0.05) is 12.1 Å². The second-order valence-electron chi connectivity index (χ2n) is 5.97. The zero-order chi connectivity index (χ0) is 19.5. The van der Waals surface area contributed by atoms with Crippen molar-refractivity contribution in [2.24, 2.45) is 10.1 Å². The third-order valence-corrected chi connectivity index (χ3v) is 5.05. The van der Waals surface area contributed by atoms with Crippen LogP contribution in [0.4, 0.5) is 5.69 Å². The van der Waals surface area contributed by atoms with Gasteiger partial charge in [0.05, 0.1) is 29.2 Å². The second kappa shape index (κ2) is 7.50. The first-order chi connectivity index (χ1) is 13.7. The molecule has 0 saturated heterocycles. The average Bonchev–Trinajstić information content (AvgIpc) is 3.15. The molecule has 0 atom stereocenters. The maximum Gasteiger partial charge on any atom is 0.262 e. The molecule has 3 aromatic rings. The van der Waals surface area contributed by atoms with Crippen LogP contribution in [0.25, 0.3) is 11.3 Å². The maximum absolute atomic E-state index is 11.6. The number of ether oxygens (including phenoxy) is 1. The molecule has 8 heteroatoms. The molecule has 1 aliphatic rings. The molecule has 1 aromatic heterocycles. The summed E-state index contributed by atoms with van der Waals surface area (Å²) in [5.74, 6) is 0.470. The molecule has 1 aliphatic heterocycles. The van der Waals surface area contributed by atoms with E-state index in [0.717, 1.165) is 21.6 Å². The number of nitrogens with one attached hydrogen (secondary N) is 1. The van der Waals surface area contributed by atoms with E-state index in [1.807, 2.05) is 35.7 Å². The van der Waals surface area contributed by atoms with E-state index in [0.29, 0.717) is 17.0 Å². The number of fused-ring (bicyclic) bond motifs is 1. The number of hydrogen-bond acceptors (Lipinski definition) is 6. The summed E-state index contributed by atoms with van der Waals surface area (Å²) >= 11 is 1.47. The van der Waals surface area contributed by atoms with Gasteiger partial charge in [-0.25, -0.2) is 4.68 Å². The lowest BCUT2D eigenvalue weighted by Crippen LogP contribution is -2.25. The lowest BCUT2D eigenvalue weighted by Gasteiger charge is -2.18. The predicted octanol–water partition coefficient (Wildman–Crippen LogP) is 2.83. The third-order valence-electron chi connectivity index (χ3n) is 4.15. The van der Waals surface area contributed by atoms with Crippen molar-refractivity contribution in [1.82, 2.24) is 4.68 Å². The van der Waals surface area contributed by atoms with Crippen molar-refractivity contribution in [2.45, 2.75) is 0 Å². The molecule has 0 spiro atoms. The summed E-state index contributed by atoms with van der Waals surface area (Å²) < 4.78 is 7.17. The molecule has 138 valence electrons. The summed E-state index contributed by atoms with van der Waals surface area (Å²) in [6.07, 6.45) is 1.72. The molecule has 0 bridgehead atoms. The molecule has 0 unspecified atom stereocenters. The minimum absolute atomic E-state index is 0.0263. The highest BCUT2D eigenvalue weighted by atomic mass is 32.1. The summed E-state index contributed by atoms with van der Waals surface area (Å²) in [7, 11) is 1.71. The molecule has 0 saturated carbocycles. The number of nitriles is 1. The minimum Gasteiger partial charge on any atom is -0.482 e. The Morgan fingerprint density at radius 2 is 2.11 bits per heavy atom. The number of carbonyl (C=O) groups is 1. The molecule has 2 heterocycles. The molecule has 7 nitrogen and oxygen atoms in total. The zero-order valence-corrected chi connectivity index (χ0v) is 15.7. The summed E-state index contributed by atoms with van der Waals surface area (Å²) in [5, 5.41) is 18.3. The van der Waals surface area contributed by atoms with E-state index in [1.54, 1.807) is 30.1 Å². The van der Waals surface area contributed by atoms with Gasteiger partial charge in [-0.15, -0.1) is 11.3 Å². The molecule has 28 heavy (non-hydrogen) atoms. The number of benzene rings is 2. The largest absolute Gasteiger partial charge is 0.482 e. The fraction of sp³-hybridized carbons (Fsp3) is 0.100. The summed E-state index contributed by atoms with van der Waals surface area (Å²) in [6, 6.07) is 14.9. The highest BCUT2D eigenvalue weighted by molar-refractivity contribution is 7.07. The van der Waals surface area contributed by atoms with Gasteiger partial charge in [0.2, 0.25) is 4.80 Å². The van der Waals surface area contributed by atoms with Crippen molar-refractivity contribution < 1.29 is 9.53 Å². The summed E-state index contributed by atoms with van der Waals surface area (Å²) in [4.78, 5) is 16.6. The van der Waals surface area contributed by atoms with Crippen LogP contribution in [0.15, 0.2) is 57.9 Å². The van der Waals surface area contributed by atoms with Crippen LogP contribution in [-0.4, -0.2) is 30.5 Å². The second-order valence-corrected chi connectivity index (χ2v) is 6.80. The van der Waals surface area contributed by atoms with Gasteiger partial charge in [0.25, 0.3) is 5.91 Å². The SMILES string of the molecule is CN=c1scc(-c2ccc3c(c2)NC(=O)CO3)n1/N=C\c1ccc(C#N)cc1. The Kier molecular flexibility index (Phi) is 4.74. The standard InChI is InChI=1S/C20H15N5O2S/c1-22-20-25(23-10-14-4-2-13(9-21)3-5-14)17(12-28-20)15-6-7-18-16(8-15)24-19(26)11-27-18/h2-8,10,12H,11H2,1H3,(H,24,26)/b22-20?,23-10-. The highest BCUT2D eigenvalue weighted by Crippen LogP contribution is 2.32. The van der Waals surface area contributed by atoms with Gasteiger partial charge in [-0.3, -0.25) is 9.79 Å². The molecule has 1 amide bonds. The highest BCUT2D eigenvalue weighted by Gasteiger charge is 2.17. The minimum atomic E-state index is -0.175. The van der Waals surface area contributed by atoms with Crippen molar-refractivity contribution >= 4 is 29.1 Å². The van der Waals surface area contributed by atoms with Crippen molar-refractivity contribution in [3.05, 3.63) is 63.8 Å². The Balaban J connectivity index is 1.72. The first kappa shape index (κ1) is 17.7. The number of carbonyl (C=O) groups excluding carboxylic acids is 1. The quantitative estimate of drug-likeness (QED) is 0.698. The van der Waals surface area contributed by atoms with Crippen LogP contribution in [0.1, 0.15) is 11.1 Å². The number of rotatable bonds is 3. The number of amides is 1. The molecule has 0 fully saturated rings. The Bertz CT molecular complexity index is 1180. The van der Waals surface area contributed by atoms with Gasteiger partial charge in [-0.05, 0) is 35.9 Å². The van der Waals surface area contributed by atoms with Crippen molar-refractivity contribution in [2.75, 3.05) is 19.0 Å². The maximum atomic E-state index is 11.6. The lowest BCUT2D eigenvalue weighted by molar-refractivity contribution is -0.118. The molecule has 1 N–H and O–H groups in total. The number of aromatic nitrogens is 1. The topological polar surface area (TPSA) is 91.8 Å².